The number of aliphatic imine (C=N–C) groups is 1. The highest BCUT2D eigenvalue weighted by atomic mass is 19.3. The molecular formula is C21H23F2N5O. The van der Waals surface area contributed by atoms with Crippen molar-refractivity contribution in [3.63, 3.8) is 0 Å². The van der Waals surface area contributed by atoms with E-state index in [1.165, 1.54) is 11.6 Å². The highest BCUT2D eigenvalue weighted by molar-refractivity contribution is 5.79. The number of hydrogen-bond donors (Lipinski definition) is 2. The summed E-state index contributed by atoms with van der Waals surface area (Å²) >= 11 is 0. The Morgan fingerprint density at radius 2 is 1.79 bits per heavy atom. The summed E-state index contributed by atoms with van der Waals surface area (Å²) in [7, 11) is 1.66. The van der Waals surface area contributed by atoms with E-state index in [0.29, 0.717) is 24.6 Å². The Balaban J connectivity index is 1.51. The van der Waals surface area contributed by atoms with Crippen LogP contribution in [0, 0.1) is 0 Å². The highest BCUT2D eigenvalue weighted by Gasteiger charge is 2.09. The fraction of sp³-hybridized carbons (Fsp3) is 0.238. The molecule has 0 aliphatic rings. The summed E-state index contributed by atoms with van der Waals surface area (Å²) < 4.78 is 31.6. The number of hydrogen-bond acceptors (Lipinski definition) is 3. The standard InChI is InChI=1S/C21H23F2N5O/c1-24-21(27-13-18-4-2-3-5-19(18)29-20(22)23)26-12-16-6-8-17(9-7-16)14-28-11-10-25-15-28/h2-11,15,20H,12-14H2,1H3,(H2,24,26,27). The van der Waals surface area contributed by atoms with Crippen molar-refractivity contribution in [1.82, 2.24) is 20.2 Å². The molecule has 0 saturated carbocycles. The molecule has 0 aliphatic heterocycles. The van der Waals surface area contributed by atoms with Crippen molar-refractivity contribution in [3.05, 3.63) is 83.9 Å². The van der Waals surface area contributed by atoms with Crippen LogP contribution in [0.4, 0.5) is 8.78 Å². The molecule has 0 amide bonds. The lowest BCUT2D eigenvalue weighted by molar-refractivity contribution is -0.0504. The second kappa shape index (κ2) is 10.2. The van der Waals surface area contributed by atoms with E-state index in [1.807, 2.05) is 10.8 Å². The van der Waals surface area contributed by atoms with Gasteiger partial charge in [0.15, 0.2) is 5.96 Å². The molecule has 0 atom stereocenters. The monoisotopic (exact) mass is 399 g/mol. The number of ether oxygens (including phenoxy) is 1. The van der Waals surface area contributed by atoms with Gasteiger partial charge in [0.2, 0.25) is 0 Å². The third kappa shape index (κ3) is 6.31. The maximum absolute atomic E-state index is 12.5. The summed E-state index contributed by atoms with van der Waals surface area (Å²) in [6, 6.07) is 14.9. The van der Waals surface area contributed by atoms with E-state index in [9.17, 15) is 8.78 Å². The molecule has 0 fully saturated rings. The first-order chi connectivity index (χ1) is 14.1. The number of rotatable bonds is 8. The number of guanidine groups is 1. The average molecular weight is 399 g/mol. The van der Waals surface area contributed by atoms with Gasteiger partial charge in [-0.15, -0.1) is 0 Å². The van der Waals surface area contributed by atoms with Crippen molar-refractivity contribution in [2.75, 3.05) is 7.05 Å². The van der Waals surface area contributed by atoms with Crippen molar-refractivity contribution in [1.29, 1.82) is 0 Å². The maximum atomic E-state index is 12.5. The van der Waals surface area contributed by atoms with Gasteiger partial charge in [0.05, 0.1) is 6.33 Å². The van der Waals surface area contributed by atoms with Gasteiger partial charge in [-0.25, -0.2) is 4.98 Å². The lowest BCUT2D eigenvalue weighted by Gasteiger charge is -2.14. The van der Waals surface area contributed by atoms with E-state index >= 15 is 0 Å². The van der Waals surface area contributed by atoms with Crippen LogP contribution in [-0.4, -0.2) is 29.2 Å². The minimum absolute atomic E-state index is 0.152. The molecule has 2 N–H and O–H groups in total. The lowest BCUT2D eigenvalue weighted by atomic mass is 10.1. The lowest BCUT2D eigenvalue weighted by Crippen LogP contribution is -2.36. The Bertz CT molecular complexity index is 911. The second-order valence-corrected chi connectivity index (χ2v) is 6.32. The number of para-hydroxylation sites is 1. The van der Waals surface area contributed by atoms with Crippen molar-refractivity contribution in [3.8, 4) is 5.75 Å². The molecule has 2 aromatic carbocycles. The van der Waals surface area contributed by atoms with Gasteiger partial charge in [-0.3, -0.25) is 4.99 Å². The molecule has 0 unspecified atom stereocenters. The zero-order valence-corrected chi connectivity index (χ0v) is 16.1. The minimum Gasteiger partial charge on any atom is -0.434 e. The first-order valence-corrected chi connectivity index (χ1v) is 9.15. The highest BCUT2D eigenvalue weighted by Crippen LogP contribution is 2.19. The van der Waals surface area contributed by atoms with Gasteiger partial charge in [-0.05, 0) is 17.2 Å². The van der Waals surface area contributed by atoms with E-state index < -0.39 is 6.61 Å². The SMILES string of the molecule is CN=C(NCc1ccc(Cn2ccnc2)cc1)NCc1ccccc1OC(F)F. The van der Waals surface area contributed by atoms with Crippen molar-refractivity contribution in [2.45, 2.75) is 26.2 Å². The first-order valence-electron chi connectivity index (χ1n) is 9.15. The fourth-order valence-corrected chi connectivity index (χ4v) is 2.80. The van der Waals surface area contributed by atoms with E-state index in [1.54, 1.807) is 37.8 Å². The molecule has 0 radical (unpaired) electrons. The van der Waals surface area contributed by atoms with E-state index in [-0.39, 0.29) is 5.75 Å². The summed E-state index contributed by atoms with van der Waals surface area (Å²) in [5, 5.41) is 6.33. The number of benzene rings is 2. The van der Waals surface area contributed by atoms with Gasteiger partial charge in [0.25, 0.3) is 0 Å². The summed E-state index contributed by atoms with van der Waals surface area (Å²) in [5.74, 6) is 0.721. The quantitative estimate of drug-likeness (QED) is 0.450. The molecular weight excluding hydrogens is 376 g/mol. The zero-order chi connectivity index (χ0) is 20.5. The normalized spacial score (nSPS) is 11.5. The van der Waals surface area contributed by atoms with Gasteiger partial charge in [0, 0.05) is 44.6 Å². The predicted molar refractivity (Wildman–Crippen MR) is 108 cm³/mol. The van der Waals surface area contributed by atoms with Gasteiger partial charge < -0.3 is 19.9 Å². The number of alkyl halides is 2. The van der Waals surface area contributed by atoms with E-state index in [2.05, 4.69) is 49.6 Å². The van der Waals surface area contributed by atoms with E-state index in [0.717, 1.165) is 12.1 Å². The Hall–Kier alpha value is -3.42. The first kappa shape index (κ1) is 20.3. The third-order valence-corrected chi connectivity index (χ3v) is 4.27. The van der Waals surface area contributed by atoms with Crippen LogP contribution in [0.5, 0.6) is 5.75 Å². The number of imidazole rings is 1. The smallest absolute Gasteiger partial charge is 0.387 e. The molecule has 1 heterocycles. The minimum atomic E-state index is -2.86. The zero-order valence-electron chi connectivity index (χ0n) is 16.1. The molecule has 3 rings (SSSR count). The molecule has 0 aliphatic carbocycles. The topological polar surface area (TPSA) is 63.5 Å². The summed E-state index contributed by atoms with van der Waals surface area (Å²) in [6.07, 6.45) is 5.47. The Labute approximate surface area is 168 Å². The van der Waals surface area contributed by atoms with Crippen LogP contribution < -0.4 is 15.4 Å². The second-order valence-electron chi connectivity index (χ2n) is 6.32. The predicted octanol–water partition coefficient (Wildman–Crippen LogP) is 3.40. The average Bonchev–Trinajstić information content (AvgIpc) is 3.23. The molecule has 0 spiro atoms. The molecule has 29 heavy (non-hydrogen) atoms. The number of aromatic nitrogens is 2. The van der Waals surface area contributed by atoms with Gasteiger partial charge >= 0.3 is 6.61 Å². The summed E-state index contributed by atoms with van der Waals surface area (Å²) in [4.78, 5) is 8.21. The summed E-state index contributed by atoms with van der Waals surface area (Å²) in [5.41, 5.74) is 2.91. The van der Waals surface area contributed by atoms with Crippen LogP contribution in [0.25, 0.3) is 0 Å². The molecule has 3 aromatic rings. The van der Waals surface area contributed by atoms with Crippen LogP contribution in [0.1, 0.15) is 16.7 Å². The van der Waals surface area contributed by atoms with Crippen LogP contribution in [0.15, 0.2) is 72.2 Å². The Morgan fingerprint density at radius 3 is 2.48 bits per heavy atom. The third-order valence-electron chi connectivity index (χ3n) is 4.27. The van der Waals surface area contributed by atoms with Crippen LogP contribution in [0.2, 0.25) is 0 Å². The molecule has 0 saturated heterocycles. The number of halogens is 2. The molecule has 1 aromatic heterocycles. The van der Waals surface area contributed by atoms with Gasteiger partial charge in [-0.2, -0.15) is 8.78 Å². The van der Waals surface area contributed by atoms with Crippen molar-refractivity contribution < 1.29 is 13.5 Å². The molecule has 152 valence electrons. The Kier molecular flexibility index (Phi) is 7.16. The largest absolute Gasteiger partial charge is 0.434 e. The maximum Gasteiger partial charge on any atom is 0.387 e. The molecule has 0 bridgehead atoms. The summed E-state index contributed by atoms with van der Waals surface area (Å²) in [6.45, 7) is -1.19. The van der Waals surface area contributed by atoms with Crippen LogP contribution in [0.3, 0.4) is 0 Å². The fourth-order valence-electron chi connectivity index (χ4n) is 2.80. The van der Waals surface area contributed by atoms with Gasteiger partial charge in [-0.1, -0.05) is 42.5 Å². The van der Waals surface area contributed by atoms with Crippen LogP contribution >= 0.6 is 0 Å². The van der Waals surface area contributed by atoms with Crippen molar-refractivity contribution in [2.24, 2.45) is 4.99 Å². The Morgan fingerprint density at radius 1 is 1.07 bits per heavy atom. The number of nitrogens with one attached hydrogen (secondary N) is 2. The van der Waals surface area contributed by atoms with E-state index in [4.69, 9.17) is 0 Å². The van der Waals surface area contributed by atoms with Crippen molar-refractivity contribution >= 4 is 5.96 Å². The van der Waals surface area contributed by atoms with Crippen LogP contribution in [-0.2, 0) is 19.6 Å². The molecule has 8 heteroatoms. The molecule has 6 nitrogen and oxygen atoms in total. The van der Waals surface area contributed by atoms with Gasteiger partial charge in [0.1, 0.15) is 5.75 Å². The number of nitrogens with zero attached hydrogens (tertiary/aromatic N) is 3.